The third kappa shape index (κ3) is 2.56. The lowest BCUT2D eigenvalue weighted by Gasteiger charge is -2.38. The number of likely N-dealkylation sites (tertiary alicyclic amines) is 1. The van der Waals surface area contributed by atoms with Gasteiger partial charge in [-0.05, 0) is 45.7 Å². The average molecular weight is 222 g/mol. The predicted molar refractivity (Wildman–Crippen MR) is 62.8 cm³/mol. The molecule has 0 aromatic rings. The molecule has 1 aliphatic carbocycles. The van der Waals surface area contributed by atoms with Crippen LogP contribution in [0, 0.1) is 16.7 Å². The van der Waals surface area contributed by atoms with E-state index >= 15 is 0 Å². The summed E-state index contributed by atoms with van der Waals surface area (Å²) in [6.45, 7) is 4.79. The molecule has 0 atom stereocenters. The highest BCUT2D eigenvalue weighted by Gasteiger charge is 2.36. The Kier molecular flexibility index (Phi) is 3.23. The Morgan fingerprint density at radius 3 is 2.25 bits per heavy atom. The maximum atomic E-state index is 10.3. The number of nitrogens with zero attached hydrogens (tertiary/aromatic N) is 2. The normalized spacial score (nSPS) is 28.8. The van der Waals surface area contributed by atoms with Crippen LogP contribution in [0.15, 0.2) is 0 Å². The zero-order valence-electron chi connectivity index (χ0n) is 10.2. The second-order valence-corrected chi connectivity index (χ2v) is 5.88. The van der Waals surface area contributed by atoms with E-state index in [4.69, 9.17) is 5.26 Å². The first kappa shape index (κ1) is 11.9. The minimum atomic E-state index is -0.430. The molecule has 1 saturated heterocycles. The van der Waals surface area contributed by atoms with Crippen molar-refractivity contribution in [3.05, 3.63) is 0 Å². The Hall–Kier alpha value is -0.590. The molecule has 0 unspecified atom stereocenters. The largest absolute Gasteiger partial charge is 0.389 e. The van der Waals surface area contributed by atoms with Gasteiger partial charge in [-0.25, -0.2) is 0 Å². The van der Waals surface area contributed by atoms with Crippen LogP contribution in [0.2, 0.25) is 0 Å². The van der Waals surface area contributed by atoms with E-state index in [0.717, 1.165) is 45.3 Å². The van der Waals surface area contributed by atoms with E-state index in [-0.39, 0.29) is 5.41 Å². The number of hydrogen-bond acceptors (Lipinski definition) is 3. The first-order chi connectivity index (χ1) is 7.55. The number of rotatable bonds is 2. The third-order valence-corrected chi connectivity index (χ3v) is 4.28. The highest BCUT2D eigenvalue weighted by Crippen LogP contribution is 2.34. The number of β-amino-alcohol motifs (C(OH)–C–C–N with tert-alkyl or cyclic N) is 1. The van der Waals surface area contributed by atoms with Crippen molar-refractivity contribution < 1.29 is 5.11 Å². The van der Waals surface area contributed by atoms with Crippen molar-refractivity contribution in [2.24, 2.45) is 5.41 Å². The minimum absolute atomic E-state index is 0.130. The van der Waals surface area contributed by atoms with Crippen LogP contribution in [-0.4, -0.2) is 35.2 Å². The summed E-state index contributed by atoms with van der Waals surface area (Å²) in [6, 6.07) is 2.41. The second kappa shape index (κ2) is 4.35. The highest BCUT2D eigenvalue weighted by atomic mass is 16.3. The number of hydrogen-bond donors (Lipinski definition) is 1. The van der Waals surface area contributed by atoms with Gasteiger partial charge in [0.05, 0.1) is 17.1 Å². The minimum Gasteiger partial charge on any atom is -0.389 e. The quantitative estimate of drug-likeness (QED) is 0.776. The molecule has 1 aliphatic heterocycles. The standard InChI is InChI=1S/C13H22N2O/c1-12(10-14)6-8-15(9-7-12)11-13(16)4-2-3-5-13/h16H,2-9,11H2,1H3. The van der Waals surface area contributed by atoms with Crippen LogP contribution in [0.5, 0.6) is 0 Å². The molecular formula is C13H22N2O. The van der Waals surface area contributed by atoms with Gasteiger partial charge in [-0.2, -0.15) is 5.26 Å². The van der Waals surface area contributed by atoms with Crippen molar-refractivity contribution in [1.29, 1.82) is 5.26 Å². The molecular weight excluding hydrogens is 200 g/mol. The maximum absolute atomic E-state index is 10.3. The Morgan fingerprint density at radius 2 is 1.75 bits per heavy atom. The van der Waals surface area contributed by atoms with Gasteiger partial charge in [0, 0.05) is 6.54 Å². The molecule has 16 heavy (non-hydrogen) atoms. The summed E-state index contributed by atoms with van der Waals surface area (Å²) in [5, 5.41) is 19.4. The molecule has 0 spiro atoms. The van der Waals surface area contributed by atoms with E-state index in [1.54, 1.807) is 0 Å². The fourth-order valence-corrected chi connectivity index (χ4v) is 2.92. The van der Waals surface area contributed by atoms with Crippen LogP contribution < -0.4 is 0 Å². The van der Waals surface area contributed by atoms with Crippen molar-refractivity contribution in [2.75, 3.05) is 19.6 Å². The van der Waals surface area contributed by atoms with Gasteiger partial charge in [0.25, 0.3) is 0 Å². The van der Waals surface area contributed by atoms with Crippen LogP contribution in [0.25, 0.3) is 0 Å². The highest BCUT2D eigenvalue weighted by molar-refractivity contribution is 4.99. The number of piperidine rings is 1. The van der Waals surface area contributed by atoms with Gasteiger partial charge in [0.15, 0.2) is 0 Å². The molecule has 0 bridgehead atoms. The van der Waals surface area contributed by atoms with E-state index in [0.29, 0.717) is 0 Å². The molecule has 0 aromatic carbocycles. The summed E-state index contributed by atoms with van der Waals surface area (Å²) < 4.78 is 0. The third-order valence-electron chi connectivity index (χ3n) is 4.28. The zero-order chi connectivity index (χ0) is 11.6. The van der Waals surface area contributed by atoms with Crippen LogP contribution in [0.4, 0.5) is 0 Å². The molecule has 0 aromatic heterocycles. The summed E-state index contributed by atoms with van der Waals surface area (Å²) in [7, 11) is 0. The van der Waals surface area contributed by atoms with Crippen molar-refractivity contribution in [3.8, 4) is 6.07 Å². The number of aliphatic hydroxyl groups is 1. The first-order valence-electron chi connectivity index (χ1n) is 6.41. The summed E-state index contributed by atoms with van der Waals surface area (Å²) in [4.78, 5) is 2.34. The molecule has 2 aliphatic rings. The van der Waals surface area contributed by atoms with Crippen LogP contribution in [0.1, 0.15) is 45.4 Å². The van der Waals surface area contributed by atoms with Crippen LogP contribution >= 0.6 is 0 Å². The van der Waals surface area contributed by atoms with Crippen molar-refractivity contribution in [2.45, 2.75) is 51.0 Å². The smallest absolute Gasteiger partial charge is 0.0774 e. The van der Waals surface area contributed by atoms with Gasteiger partial charge in [-0.15, -0.1) is 0 Å². The lowest BCUT2D eigenvalue weighted by atomic mass is 9.81. The van der Waals surface area contributed by atoms with E-state index in [2.05, 4.69) is 17.9 Å². The molecule has 90 valence electrons. The summed E-state index contributed by atoms with van der Waals surface area (Å²) >= 11 is 0. The van der Waals surface area contributed by atoms with Crippen molar-refractivity contribution in [3.63, 3.8) is 0 Å². The summed E-state index contributed by atoms with van der Waals surface area (Å²) in [6.07, 6.45) is 6.14. The molecule has 1 N–H and O–H groups in total. The van der Waals surface area contributed by atoms with Gasteiger partial charge >= 0.3 is 0 Å². The molecule has 1 saturated carbocycles. The maximum Gasteiger partial charge on any atom is 0.0774 e. The molecule has 2 fully saturated rings. The molecule has 3 heteroatoms. The van der Waals surface area contributed by atoms with Gasteiger partial charge in [0.1, 0.15) is 0 Å². The molecule has 0 radical (unpaired) electrons. The summed E-state index contributed by atoms with van der Waals surface area (Å²) in [5.41, 5.74) is -0.560. The van der Waals surface area contributed by atoms with Crippen LogP contribution in [-0.2, 0) is 0 Å². The Bertz CT molecular complexity index is 281. The van der Waals surface area contributed by atoms with Crippen molar-refractivity contribution >= 4 is 0 Å². The lowest BCUT2D eigenvalue weighted by Crippen LogP contribution is -2.46. The van der Waals surface area contributed by atoms with Gasteiger partial charge < -0.3 is 10.0 Å². The topological polar surface area (TPSA) is 47.3 Å². The second-order valence-electron chi connectivity index (χ2n) is 5.88. The molecule has 1 heterocycles. The van der Waals surface area contributed by atoms with Crippen LogP contribution in [0.3, 0.4) is 0 Å². The van der Waals surface area contributed by atoms with E-state index in [9.17, 15) is 5.11 Å². The SMILES string of the molecule is CC1(C#N)CCN(CC2(O)CCCC2)CC1. The fraction of sp³-hybridized carbons (Fsp3) is 0.923. The lowest BCUT2D eigenvalue weighted by molar-refractivity contribution is -0.00316. The van der Waals surface area contributed by atoms with Gasteiger partial charge in [-0.3, -0.25) is 0 Å². The van der Waals surface area contributed by atoms with E-state index in [1.165, 1.54) is 12.8 Å². The Labute approximate surface area is 98.1 Å². The van der Waals surface area contributed by atoms with E-state index in [1.807, 2.05) is 0 Å². The predicted octanol–water partition coefficient (Wildman–Crippen LogP) is 1.92. The average Bonchev–Trinajstić information content (AvgIpc) is 2.69. The zero-order valence-corrected chi connectivity index (χ0v) is 10.2. The molecule has 0 amide bonds. The number of nitriles is 1. The fourth-order valence-electron chi connectivity index (χ4n) is 2.92. The van der Waals surface area contributed by atoms with Gasteiger partial charge in [-0.1, -0.05) is 12.8 Å². The van der Waals surface area contributed by atoms with Crippen molar-refractivity contribution in [1.82, 2.24) is 4.90 Å². The summed E-state index contributed by atoms with van der Waals surface area (Å²) in [5.74, 6) is 0. The van der Waals surface area contributed by atoms with E-state index < -0.39 is 5.60 Å². The monoisotopic (exact) mass is 222 g/mol. The molecule has 2 rings (SSSR count). The Balaban J connectivity index is 1.84. The van der Waals surface area contributed by atoms with Gasteiger partial charge in [0.2, 0.25) is 0 Å². The molecule has 3 nitrogen and oxygen atoms in total. The Morgan fingerprint density at radius 1 is 1.19 bits per heavy atom. The first-order valence-corrected chi connectivity index (χ1v) is 6.41.